The number of fused-ring (bicyclic) bond motifs is 1. The average Bonchev–Trinajstić information content (AvgIpc) is 3.70. The Hall–Kier alpha value is -4.79. The van der Waals surface area contributed by atoms with E-state index in [1.165, 1.54) is 0 Å². The molecule has 0 radical (unpaired) electrons. The van der Waals surface area contributed by atoms with Crippen molar-refractivity contribution in [2.24, 2.45) is 0 Å². The van der Waals surface area contributed by atoms with Gasteiger partial charge in [-0.15, -0.1) is 10.2 Å². The number of carbonyl (C=O) groups is 1. The number of tetrazole rings is 1. The van der Waals surface area contributed by atoms with Crippen molar-refractivity contribution in [1.82, 2.24) is 30.0 Å². The van der Waals surface area contributed by atoms with Gasteiger partial charge < -0.3 is 4.74 Å². The van der Waals surface area contributed by atoms with Crippen molar-refractivity contribution in [3.05, 3.63) is 111 Å². The highest BCUT2D eigenvalue weighted by Gasteiger charge is 2.32. The van der Waals surface area contributed by atoms with Crippen molar-refractivity contribution < 1.29 is 9.53 Å². The SMILES string of the molecule is CCCCCc1c(Cc2ccc(-c3ccccc3-c3nn[nH]n3)cc2)c(=O)n2n1C(C)CCC2c1cccc(C(=O)OCC)c1. The van der Waals surface area contributed by atoms with E-state index in [2.05, 4.69) is 69.5 Å². The molecule has 2 atom stereocenters. The standard InChI is InChI=1S/C36H40N6O3/c1-4-6-7-15-33-31(22-25-17-19-26(20-18-25)29-13-8-9-14-30(29)34-37-39-40-38-34)35(43)42-32(21-16-24(3)41(33)42)27-11-10-12-28(23-27)36(44)45-5-2/h8-14,17-20,23-24,32H,4-7,15-16,21-22H2,1-3H3,(H,37,38,39,40). The molecule has 3 heterocycles. The number of hydrogen-bond donors (Lipinski definition) is 1. The molecule has 3 aromatic carbocycles. The summed E-state index contributed by atoms with van der Waals surface area (Å²) in [6.07, 6.45) is 6.48. The van der Waals surface area contributed by atoms with Gasteiger partial charge in [0.05, 0.1) is 18.2 Å². The molecule has 9 heteroatoms. The number of aromatic amines is 1. The Balaban J connectivity index is 1.37. The van der Waals surface area contributed by atoms with E-state index >= 15 is 0 Å². The smallest absolute Gasteiger partial charge is 0.338 e. The number of rotatable bonds is 11. The lowest BCUT2D eigenvalue weighted by atomic mass is 9.96. The van der Waals surface area contributed by atoms with Crippen molar-refractivity contribution in [1.29, 1.82) is 0 Å². The van der Waals surface area contributed by atoms with Gasteiger partial charge >= 0.3 is 5.97 Å². The summed E-state index contributed by atoms with van der Waals surface area (Å²) in [5, 5.41) is 14.6. The number of hydrogen-bond acceptors (Lipinski definition) is 6. The first-order chi connectivity index (χ1) is 22.0. The maximum absolute atomic E-state index is 14.4. The first-order valence-electron chi connectivity index (χ1n) is 16.0. The van der Waals surface area contributed by atoms with Gasteiger partial charge in [0.25, 0.3) is 5.56 Å². The van der Waals surface area contributed by atoms with Crippen LogP contribution in [0.2, 0.25) is 0 Å². The molecule has 0 amide bonds. The fourth-order valence-electron chi connectivity index (χ4n) is 6.63. The number of H-pyrrole nitrogens is 1. The van der Waals surface area contributed by atoms with Gasteiger partial charge in [-0.3, -0.25) is 9.48 Å². The van der Waals surface area contributed by atoms with Crippen LogP contribution in [0.4, 0.5) is 0 Å². The summed E-state index contributed by atoms with van der Waals surface area (Å²) in [5.41, 5.74) is 7.60. The topological polar surface area (TPSA) is 108 Å². The highest BCUT2D eigenvalue weighted by molar-refractivity contribution is 5.89. The third-order valence-electron chi connectivity index (χ3n) is 8.85. The van der Waals surface area contributed by atoms with Crippen LogP contribution in [-0.2, 0) is 17.6 Å². The average molecular weight is 605 g/mol. The number of carbonyl (C=O) groups excluding carboxylic acids is 1. The van der Waals surface area contributed by atoms with Crippen LogP contribution in [0.25, 0.3) is 22.5 Å². The molecule has 5 aromatic rings. The first kappa shape index (κ1) is 30.2. The second-order valence-electron chi connectivity index (χ2n) is 11.8. The maximum atomic E-state index is 14.4. The van der Waals surface area contributed by atoms with Crippen molar-refractivity contribution in [3.8, 4) is 22.5 Å². The van der Waals surface area contributed by atoms with E-state index in [1.54, 1.807) is 13.0 Å². The van der Waals surface area contributed by atoms with Crippen LogP contribution in [0, 0.1) is 0 Å². The fraction of sp³-hybridized carbons (Fsp3) is 0.361. The second-order valence-corrected chi connectivity index (χ2v) is 11.8. The summed E-state index contributed by atoms with van der Waals surface area (Å²) in [6.45, 7) is 6.55. The van der Waals surface area contributed by atoms with Crippen LogP contribution in [0.15, 0.2) is 77.6 Å². The van der Waals surface area contributed by atoms with Crippen molar-refractivity contribution >= 4 is 5.97 Å². The number of nitrogens with zero attached hydrogens (tertiary/aromatic N) is 5. The van der Waals surface area contributed by atoms with Gasteiger partial charge in [-0.1, -0.05) is 80.4 Å². The molecule has 1 aliphatic rings. The predicted octanol–water partition coefficient (Wildman–Crippen LogP) is 6.94. The molecular formula is C36H40N6O3. The molecule has 45 heavy (non-hydrogen) atoms. The van der Waals surface area contributed by atoms with E-state index in [4.69, 9.17) is 4.74 Å². The Morgan fingerprint density at radius 3 is 2.49 bits per heavy atom. The van der Waals surface area contributed by atoms with E-state index in [-0.39, 0.29) is 23.6 Å². The molecule has 232 valence electrons. The summed E-state index contributed by atoms with van der Waals surface area (Å²) in [4.78, 5) is 27.0. The molecule has 1 N–H and O–H groups in total. The Labute approximate surface area is 263 Å². The van der Waals surface area contributed by atoms with Crippen LogP contribution in [0.5, 0.6) is 0 Å². The van der Waals surface area contributed by atoms with E-state index in [0.29, 0.717) is 24.4 Å². The lowest BCUT2D eigenvalue weighted by Gasteiger charge is -2.33. The van der Waals surface area contributed by atoms with Crippen molar-refractivity contribution in [2.45, 2.75) is 77.8 Å². The third kappa shape index (κ3) is 6.12. The molecule has 2 unspecified atom stereocenters. The minimum atomic E-state index is -0.337. The summed E-state index contributed by atoms with van der Waals surface area (Å²) in [6, 6.07) is 24.1. The largest absolute Gasteiger partial charge is 0.462 e. The number of ether oxygens (including phenoxy) is 1. The summed E-state index contributed by atoms with van der Waals surface area (Å²) in [7, 11) is 0. The molecule has 6 rings (SSSR count). The second kappa shape index (κ2) is 13.5. The molecular weight excluding hydrogens is 564 g/mol. The lowest BCUT2D eigenvalue weighted by Crippen LogP contribution is -2.35. The first-order valence-corrected chi connectivity index (χ1v) is 16.0. The zero-order valence-electron chi connectivity index (χ0n) is 26.2. The van der Waals surface area contributed by atoms with E-state index in [1.807, 2.05) is 41.1 Å². The summed E-state index contributed by atoms with van der Waals surface area (Å²) >= 11 is 0. The molecule has 9 nitrogen and oxygen atoms in total. The van der Waals surface area contributed by atoms with Crippen molar-refractivity contribution in [3.63, 3.8) is 0 Å². The molecule has 0 bridgehead atoms. The van der Waals surface area contributed by atoms with Gasteiger partial charge in [-0.25, -0.2) is 9.48 Å². The van der Waals surface area contributed by atoms with E-state index in [0.717, 1.165) is 77.6 Å². The van der Waals surface area contributed by atoms with E-state index in [9.17, 15) is 9.59 Å². The Kier molecular flexibility index (Phi) is 9.05. The molecule has 0 saturated carbocycles. The number of aromatic nitrogens is 6. The Morgan fingerprint density at radius 1 is 0.956 bits per heavy atom. The van der Waals surface area contributed by atoms with Gasteiger partial charge in [-0.2, -0.15) is 5.21 Å². The minimum Gasteiger partial charge on any atom is -0.462 e. The number of unbranched alkanes of at least 4 members (excludes halogenated alkanes) is 2. The third-order valence-corrected chi connectivity index (χ3v) is 8.85. The molecule has 0 fully saturated rings. The highest BCUT2D eigenvalue weighted by atomic mass is 16.5. The molecule has 0 spiro atoms. The lowest BCUT2D eigenvalue weighted by molar-refractivity contribution is 0.0526. The normalized spacial score (nSPS) is 16.0. The van der Waals surface area contributed by atoms with Gasteiger partial charge in [0, 0.05) is 29.3 Å². The maximum Gasteiger partial charge on any atom is 0.338 e. The van der Waals surface area contributed by atoms with Gasteiger partial charge in [-0.05, 0) is 79.1 Å². The zero-order valence-corrected chi connectivity index (χ0v) is 26.2. The van der Waals surface area contributed by atoms with Crippen LogP contribution < -0.4 is 5.56 Å². The van der Waals surface area contributed by atoms with Gasteiger partial charge in [0.1, 0.15) is 0 Å². The Morgan fingerprint density at radius 2 is 1.76 bits per heavy atom. The molecule has 0 saturated heterocycles. The monoisotopic (exact) mass is 604 g/mol. The van der Waals surface area contributed by atoms with Gasteiger partial charge in [0.15, 0.2) is 0 Å². The number of nitrogens with one attached hydrogen (secondary N) is 1. The van der Waals surface area contributed by atoms with Crippen molar-refractivity contribution in [2.75, 3.05) is 6.61 Å². The molecule has 1 aliphatic heterocycles. The highest BCUT2D eigenvalue weighted by Crippen LogP contribution is 2.36. The molecule has 0 aliphatic carbocycles. The number of benzene rings is 3. The number of esters is 1. The van der Waals surface area contributed by atoms with Crippen LogP contribution in [0.3, 0.4) is 0 Å². The summed E-state index contributed by atoms with van der Waals surface area (Å²) in [5.74, 6) is 0.214. The van der Waals surface area contributed by atoms with Crippen LogP contribution >= 0.6 is 0 Å². The minimum absolute atomic E-state index is 0.0612. The van der Waals surface area contributed by atoms with Gasteiger partial charge in [0.2, 0.25) is 5.82 Å². The summed E-state index contributed by atoms with van der Waals surface area (Å²) < 4.78 is 9.51. The molecule has 2 aromatic heterocycles. The zero-order chi connectivity index (χ0) is 31.3. The fourth-order valence-corrected chi connectivity index (χ4v) is 6.63. The van der Waals surface area contributed by atoms with Crippen LogP contribution in [0.1, 0.15) is 97.7 Å². The predicted molar refractivity (Wildman–Crippen MR) is 174 cm³/mol. The Bertz CT molecular complexity index is 1820. The van der Waals surface area contributed by atoms with E-state index < -0.39 is 0 Å². The quantitative estimate of drug-likeness (QED) is 0.129. The van der Waals surface area contributed by atoms with Crippen LogP contribution in [-0.4, -0.2) is 42.6 Å².